The topological polar surface area (TPSA) is 39.1 Å². The summed E-state index contributed by atoms with van der Waals surface area (Å²) in [6.07, 6.45) is 1.54. The number of hydrogen-bond acceptors (Lipinski definition) is 3. The minimum atomic E-state index is -2.88. The summed E-state index contributed by atoms with van der Waals surface area (Å²) in [5.41, 5.74) is 1.30. The molecule has 0 saturated heterocycles. The van der Waals surface area contributed by atoms with Crippen molar-refractivity contribution in [3.05, 3.63) is 46.7 Å². The summed E-state index contributed by atoms with van der Waals surface area (Å²) < 4.78 is 31.4. The molecule has 0 aliphatic carbocycles. The third kappa shape index (κ3) is 3.33. The van der Waals surface area contributed by atoms with Gasteiger partial charge in [-0.2, -0.15) is 13.9 Å². The maximum atomic E-state index is 12.5. The van der Waals surface area contributed by atoms with Gasteiger partial charge < -0.3 is 10.1 Å². The molecule has 7 heteroatoms. The average Bonchev–Trinajstić information content (AvgIpc) is 2.82. The summed E-state index contributed by atoms with van der Waals surface area (Å²) in [5, 5.41) is 7.73. The van der Waals surface area contributed by atoms with Gasteiger partial charge >= 0.3 is 6.61 Å². The highest BCUT2D eigenvalue weighted by molar-refractivity contribution is 6.31. The van der Waals surface area contributed by atoms with Crippen LogP contribution >= 0.6 is 11.6 Å². The summed E-state index contributed by atoms with van der Waals surface area (Å²) in [5.74, 6) is 0.117. The first-order valence-corrected chi connectivity index (χ1v) is 6.88. The third-order valence-electron chi connectivity index (χ3n) is 3.14. The van der Waals surface area contributed by atoms with Crippen LogP contribution in [0.5, 0.6) is 5.75 Å². The van der Waals surface area contributed by atoms with E-state index in [1.807, 2.05) is 6.92 Å². The Morgan fingerprint density at radius 3 is 2.71 bits per heavy atom. The van der Waals surface area contributed by atoms with Crippen LogP contribution in [-0.4, -0.2) is 23.4 Å². The van der Waals surface area contributed by atoms with Gasteiger partial charge in [-0.25, -0.2) is 0 Å². The van der Waals surface area contributed by atoms with Crippen molar-refractivity contribution >= 4 is 11.6 Å². The number of para-hydroxylation sites is 1. The zero-order valence-electron chi connectivity index (χ0n) is 11.7. The van der Waals surface area contributed by atoms with Crippen LogP contribution in [0.4, 0.5) is 8.78 Å². The molecule has 0 saturated carbocycles. The largest absolute Gasteiger partial charge is 0.434 e. The summed E-state index contributed by atoms with van der Waals surface area (Å²) in [6, 6.07) is 6.25. The van der Waals surface area contributed by atoms with Crippen molar-refractivity contribution in [2.24, 2.45) is 0 Å². The highest BCUT2D eigenvalue weighted by Crippen LogP contribution is 2.33. The van der Waals surface area contributed by atoms with Gasteiger partial charge in [0, 0.05) is 12.1 Å². The zero-order valence-corrected chi connectivity index (χ0v) is 12.4. The van der Waals surface area contributed by atoms with Crippen LogP contribution in [0.3, 0.4) is 0 Å². The number of alkyl halides is 2. The Hall–Kier alpha value is -1.66. The highest BCUT2D eigenvalue weighted by Gasteiger charge is 2.24. The van der Waals surface area contributed by atoms with E-state index < -0.39 is 12.7 Å². The van der Waals surface area contributed by atoms with E-state index in [0.717, 1.165) is 0 Å². The number of hydrogen-bond donors (Lipinski definition) is 1. The van der Waals surface area contributed by atoms with Gasteiger partial charge in [0.25, 0.3) is 0 Å². The minimum absolute atomic E-state index is 0.117. The molecule has 2 aromatic rings. The maximum Gasteiger partial charge on any atom is 0.387 e. The van der Waals surface area contributed by atoms with Crippen LogP contribution < -0.4 is 10.1 Å². The third-order valence-corrected chi connectivity index (χ3v) is 3.43. The Bertz CT molecular complexity index is 604. The van der Waals surface area contributed by atoms with E-state index in [1.54, 1.807) is 36.1 Å². The molecule has 1 heterocycles. The lowest BCUT2D eigenvalue weighted by atomic mass is 10.0. The van der Waals surface area contributed by atoms with Crippen LogP contribution in [0.25, 0.3) is 0 Å². The number of aryl methyl sites for hydroxylation is 1. The van der Waals surface area contributed by atoms with Gasteiger partial charge in [-0.05, 0) is 20.0 Å². The maximum absolute atomic E-state index is 12.5. The van der Waals surface area contributed by atoms with Crippen molar-refractivity contribution in [2.45, 2.75) is 26.1 Å². The summed E-state index contributed by atoms with van der Waals surface area (Å²) >= 11 is 6.19. The van der Waals surface area contributed by atoms with Crippen LogP contribution in [-0.2, 0) is 6.54 Å². The van der Waals surface area contributed by atoms with Crippen molar-refractivity contribution in [1.82, 2.24) is 15.1 Å². The number of halogens is 3. The number of nitrogens with zero attached hydrogens (tertiary/aromatic N) is 2. The Labute approximate surface area is 126 Å². The van der Waals surface area contributed by atoms with Gasteiger partial charge in [0.15, 0.2) is 0 Å². The molecule has 0 bridgehead atoms. The quantitative estimate of drug-likeness (QED) is 0.887. The van der Waals surface area contributed by atoms with Gasteiger partial charge in [0.05, 0.1) is 23.0 Å². The predicted molar refractivity (Wildman–Crippen MR) is 76.9 cm³/mol. The van der Waals surface area contributed by atoms with Gasteiger partial charge in [0.1, 0.15) is 5.75 Å². The highest BCUT2D eigenvalue weighted by atomic mass is 35.5. The van der Waals surface area contributed by atoms with Crippen LogP contribution in [0.15, 0.2) is 30.5 Å². The van der Waals surface area contributed by atoms with E-state index >= 15 is 0 Å². The Morgan fingerprint density at radius 1 is 1.38 bits per heavy atom. The summed E-state index contributed by atoms with van der Waals surface area (Å²) in [6.45, 7) is -0.325. The molecule has 2 rings (SSSR count). The van der Waals surface area contributed by atoms with Crippen molar-refractivity contribution in [3.8, 4) is 5.75 Å². The molecule has 0 spiro atoms. The monoisotopic (exact) mass is 315 g/mol. The number of aromatic nitrogens is 2. The predicted octanol–water partition coefficient (Wildman–Crippen LogP) is 3.47. The average molecular weight is 316 g/mol. The molecule has 21 heavy (non-hydrogen) atoms. The fraction of sp³-hybridized carbons (Fsp3) is 0.357. The second kappa shape index (κ2) is 6.87. The van der Waals surface area contributed by atoms with Crippen LogP contribution in [0, 0.1) is 0 Å². The van der Waals surface area contributed by atoms with Crippen LogP contribution in [0.2, 0.25) is 5.02 Å². The lowest BCUT2D eigenvalue weighted by molar-refractivity contribution is -0.0506. The number of rotatable bonds is 6. The minimum Gasteiger partial charge on any atom is -0.434 e. The lowest BCUT2D eigenvalue weighted by Gasteiger charge is -2.21. The van der Waals surface area contributed by atoms with E-state index in [9.17, 15) is 8.78 Å². The molecule has 1 aromatic carbocycles. The molecule has 0 radical (unpaired) electrons. The van der Waals surface area contributed by atoms with E-state index in [0.29, 0.717) is 22.8 Å². The molecule has 1 N–H and O–H groups in total. The van der Waals surface area contributed by atoms with E-state index in [1.165, 1.54) is 6.07 Å². The Morgan fingerprint density at radius 2 is 2.10 bits per heavy atom. The zero-order chi connectivity index (χ0) is 15.4. The van der Waals surface area contributed by atoms with E-state index in [2.05, 4.69) is 15.2 Å². The standard InChI is InChI=1S/C14H16ClF2N3O/c1-3-20-13(10(15)8-19-20)12(18-2)9-6-4-5-7-11(9)21-14(16)17/h4-8,12,14,18H,3H2,1-2H3. The summed E-state index contributed by atoms with van der Waals surface area (Å²) in [4.78, 5) is 0. The normalized spacial score (nSPS) is 12.7. The lowest BCUT2D eigenvalue weighted by Crippen LogP contribution is -2.23. The second-order valence-electron chi connectivity index (χ2n) is 4.33. The molecule has 0 aliphatic heterocycles. The molecule has 0 amide bonds. The van der Waals surface area contributed by atoms with Gasteiger partial charge in [0.2, 0.25) is 0 Å². The molecule has 1 aromatic heterocycles. The smallest absolute Gasteiger partial charge is 0.387 e. The molecule has 0 fully saturated rings. The number of nitrogens with one attached hydrogen (secondary N) is 1. The molecule has 1 unspecified atom stereocenters. The van der Waals surface area contributed by atoms with Crippen molar-refractivity contribution in [3.63, 3.8) is 0 Å². The van der Waals surface area contributed by atoms with Gasteiger partial charge in [-0.1, -0.05) is 29.8 Å². The first-order valence-electron chi connectivity index (χ1n) is 6.50. The SMILES string of the molecule is CCn1ncc(Cl)c1C(NC)c1ccccc1OC(F)F. The van der Waals surface area contributed by atoms with E-state index in [-0.39, 0.29) is 5.75 Å². The Kier molecular flexibility index (Phi) is 5.14. The molecular weight excluding hydrogens is 300 g/mol. The molecular formula is C14H16ClF2N3O. The van der Waals surface area contributed by atoms with Crippen molar-refractivity contribution in [1.29, 1.82) is 0 Å². The van der Waals surface area contributed by atoms with Gasteiger partial charge in [-0.15, -0.1) is 0 Å². The number of ether oxygens (including phenoxy) is 1. The molecule has 114 valence electrons. The molecule has 4 nitrogen and oxygen atoms in total. The second-order valence-corrected chi connectivity index (χ2v) is 4.74. The van der Waals surface area contributed by atoms with Gasteiger partial charge in [-0.3, -0.25) is 4.68 Å². The van der Waals surface area contributed by atoms with Crippen LogP contribution in [0.1, 0.15) is 24.2 Å². The first-order chi connectivity index (χ1) is 10.1. The molecule has 0 aliphatic rings. The van der Waals surface area contributed by atoms with Crippen molar-refractivity contribution < 1.29 is 13.5 Å². The Balaban J connectivity index is 2.49. The fourth-order valence-electron chi connectivity index (χ4n) is 2.27. The first kappa shape index (κ1) is 15.7. The fourth-order valence-corrected chi connectivity index (χ4v) is 2.52. The van der Waals surface area contributed by atoms with E-state index in [4.69, 9.17) is 11.6 Å². The van der Waals surface area contributed by atoms with Crippen molar-refractivity contribution in [2.75, 3.05) is 7.05 Å². The number of benzene rings is 1. The molecule has 1 atom stereocenters. The summed E-state index contributed by atoms with van der Waals surface area (Å²) in [7, 11) is 1.73.